The van der Waals surface area contributed by atoms with Crippen LogP contribution in [-0.2, 0) is 6.54 Å². The third-order valence-electron chi connectivity index (χ3n) is 2.48. The molecule has 0 amide bonds. The molecular weight excluding hydrogens is 200 g/mol. The van der Waals surface area contributed by atoms with Crippen molar-refractivity contribution in [2.75, 3.05) is 0 Å². The molecule has 82 valence electrons. The van der Waals surface area contributed by atoms with Crippen molar-refractivity contribution in [1.82, 2.24) is 9.55 Å². The van der Waals surface area contributed by atoms with Crippen LogP contribution < -0.4 is 5.56 Å². The molecule has 0 unspecified atom stereocenters. The molecule has 3 heteroatoms. The number of aromatic nitrogens is 2. The van der Waals surface area contributed by atoms with Crippen LogP contribution in [-0.4, -0.2) is 9.55 Å². The maximum absolute atomic E-state index is 11.8. The lowest BCUT2D eigenvalue weighted by Crippen LogP contribution is -2.22. The largest absolute Gasteiger partial charge is 0.293 e. The molecule has 2 rings (SSSR count). The van der Waals surface area contributed by atoms with E-state index in [2.05, 4.69) is 4.98 Å². The third kappa shape index (κ3) is 1.89. The fraction of sp³-hybridized carbons (Fsp3) is 0.231. The van der Waals surface area contributed by atoms with E-state index in [4.69, 9.17) is 0 Å². The van der Waals surface area contributed by atoms with E-state index in [9.17, 15) is 4.79 Å². The summed E-state index contributed by atoms with van der Waals surface area (Å²) in [7, 11) is 0. The number of rotatable bonds is 2. The van der Waals surface area contributed by atoms with E-state index in [1.807, 2.05) is 44.2 Å². The first-order chi connectivity index (χ1) is 7.72. The standard InChI is InChI=1S/C13H14N2O/c1-3-15-12(16)9-10(2)14-13(15)11-7-5-4-6-8-11/h4-9H,3H2,1-2H3. The van der Waals surface area contributed by atoms with Gasteiger partial charge in [0.1, 0.15) is 5.82 Å². The lowest BCUT2D eigenvalue weighted by Gasteiger charge is -2.10. The SMILES string of the molecule is CCn1c(-c2ccccc2)nc(C)cc1=O. The molecule has 0 saturated carbocycles. The van der Waals surface area contributed by atoms with Crippen LogP contribution in [0, 0.1) is 6.92 Å². The van der Waals surface area contributed by atoms with Crippen LogP contribution in [0.25, 0.3) is 11.4 Å². The monoisotopic (exact) mass is 214 g/mol. The molecule has 0 atom stereocenters. The Morgan fingerprint density at radius 1 is 1.25 bits per heavy atom. The van der Waals surface area contributed by atoms with Crippen LogP contribution in [0.3, 0.4) is 0 Å². The summed E-state index contributed by atoms with van der Waals surface area (Å²) in [5.41, 5.74) is 1.74. The second-order valence-electron chi connectivity index (χ2n) is 3.67. The Hall–Kier alpha value is -1.90. The van der Waals surface area contributed by atoms with Crippen LogP contribution in [0.1, 0.15) is 12.6 Å². The lowest BCUT2D eigenvalue weighted by atomic mass is 10.2. The first kappa shape index (κ1) is 10.6. The Balaban J connectivity index is 2.69. The third-order valence-corrected chi connectivity index (χ3v) is 2.48. The Bertz CT molecular complexity index is 544. The van der Waals surface area contributed by atoms with Gasteiger partial charge in [0.2, 0.25) is 0 Å². The zero-order chi connectivity index (χ0) is 11.5. The fourth-order valence-corrected chi connectivity index (χ4v) is 1.73. The summed E-state index contributed by atoms with van der Waals surface area (Å²) < 4.78 is 1.68. The molecule has 0 spiro atoms. The topological polar surface area (TPSA) is 34.9 Å². The van der Waals surface area contributed by atoms with E-state index >= 15 is 0 Å². The van der Waals surface area contributed by atoms with Crippen molar-refractivity contribution in [3.05, 3.63) is 52.4 Å². The van der Waals surface area contributed by atoms with E-state index in [1.165, 1.54) is 0 Å². The minimum atomic E-state index is 0.00820. The Labute approximate surface area is 94.4 Å². The van der Waals surface area contributed by atoms with E-state index in [0.717, 1.165) is 17.1 Å². The molecule has 1 heterocycles. The van der Waals surface area contributed by atoms with Gasteiger partial charge >= 0.3 is 0 Å². The summed E-state index contributed by atoms with van der Waals surface area (Å²) in [6, 6.07) is 11.3. The first-order valence-corrected chi connectivity index (χ1v) is 5.36. The Morgan fingerprint density at radius 3 is 2.56 bits per heavy atom. The van der Waals surface area contributed by atoms with Gasteiger partial charge in [-0.05, 0) is 13.8 Å². The Morgan fingerprint density at radius 2 is 1.94 bits per heavy atom. The van der Waals surface area contributed by atoms with E-state index in [1.54, 1.807) is 10.6 Å². The molecule has 16 heavy (non-hydrogen) atoms. The van der Waals surface area contributed by atoms with Crippen LogP contribution in [0.5, 0.6) is 0 Å². The first-order valence-electron chi connectivity index (χ1n) is 5.36. The minimum Gasteiger partial charge on any atom is -0.293 e. The zero-order valence-electron chi connectivity index (χ0n) is 9.47. The molecule has 0 aliphatic carbocycles. The van der Waals surface area contributed by atoms with Gasteiger partial charge in [0.15, 0.2) is 0 Å². The van der Waals surface area contributed by atoms with Crippen molar-refractivity contribution in [2.24, 2.45) is 0 Å². The van der Waals surface area contributed by atoms with Gasteiger partial charge in [0.25, 0.3) is 5.56 Å². The summed E-state index contributed by atoms with van der Waals surface area (Å²) in [5.74, 6) is 0.744. The molecule has 1 aromatic carbocycles. The van der Waals surface area contributed by atoms with Crippen LogP contribution in [0.2, 0.25) is 0 Å². The lowest BCUT2D eigenvalue weighted by molar-refractivity contribution is 0.713. The van der Waals surface area contributed by atoms with Crippen molar-refractivity contribution < 1.29 is 0 Å². The fourth-order valence-electron chi connectivity index (χ4n) is 1.73. The smallest absolute Gasteiger partial charge is 0.253 e. The molecule has 0 bridgehead atoms. The quantitative estimate of drug-likeness (QED) is 0.768. The highest BCUT2D eigenvalue weighted by Gasteiger charge is 2.06. The van der Waals surface area contributed by atoms with Crippen molar-refractivity contribution in [1.29, 1.82) is 0 Å². The van der Waals surface area contributed by atoms with Crippen molar-refractivity contribution in [3.63, 3.8) is 0 Å². The number of benzene rings is 1. The van der Waals surface area contributed by atoms with E-state index in [-0.39, 0.29) is 5.56 Å². The molecule has 0 saturated heterocycles. The highest BCUT2D eigenvalue weighted by Crippen LogP contribution is 2.15. The average molecular weight is 214 g/mol. The summed E-state index contributed by atoms with van der Waals surface area (Å²) >= 11 is 0. The van der Waals surface area contributed by atoms with Crippen molar-refractivity contribution in [3.8, 4) is 11.4 Å². The Kier molecular flexibility index (Phi) is 2.86. The highest BCUT2D eigenvalue weighted by atomic mass is 16.1. The minimum absolute atomic E-state index is 0.00820. The molecule has 0 fully saturated rings. The molecule has 0 N–H and O–H groups in total. The molecular formula is C13H14N2O. The number of nitrogens with zero attached hydrogens (tertiary/aromatic N) is 2. The van der Waals surface area contributed by atoms with Gasteiger partial charge < -0.3 is 0 Å². The summed E-state index contributed by atoms with van der Waals surface area (Å²) in [6.45, 7) is 4.43. The normalized spacial score (nSPS) is 10.4. The van der Waals surface area contributed by atoms with Crippen LogP contribution in [0.4, 0.5) is 0 Å². The van der Waals surface area contributed by atoms with Gasteiger partial charge in [-0.25, -0.2) is 4.98 Å². The molecule has 2 aromatic rings. The van der Waals surface area contributed by atoms with Crippen LogP contribution >= 0.6 is 0 Å². The summed E-state index contributed by atoms with van der Waals surface area (Å²) in [6.07, 6.45) is 0. The highest BCUT2D eigenvalue weighted by molar-refractivity contribution is 5.55. The van der Waals surface area contributed by atoms with Gasteiger partial charge in [-0.1, -0.05) is 30.3 Å². The van der Waals surface area contributed by atoms with Crippen molar-refractivity contribution in [2.45, 2.75) is 20.4 Å². The second-order valence-corrected chi connectivity index (χ2v) is 3.67. The number of hydrogen-bond acceptors (Lipinski definition) is 2. The molecule has 0 aliphatic heterocycles. The maximum Gasteiger partial charge on any atom is 0.253 e. The second kappa shape index (κ2) is 4.31. The summed E-state index contributed by atoms with van der Waals surface area (Å²) in [5, 5.41) is 0. The number of aryl methyl sites for hydroxylation is 1. The average Bonchev–Trinajstić information content (AvgIpc) is 2.29. The zero-order valence-corrected chi connectivity index (χ0v) is 9.47. The van der Waals surface area contributed by atoms with E-state index < -0.39 is 0 Å². The van der Waals surface area contributed by atoms with Gasteiger partial charge in [0, 0.05) is 23.9 Å². The molecule has 0 aliphatic rings. The van der Waals surface area contributed by atoms with E-state index in [0.29, 0.717) is 6.54 Å². The van der Waals surface area contributed by atoms with Crippen LogP contribution in [0.15, 0.2) is 41.2 Å². The van der Waals surface area contributed by atoms with Crippen molar-refractivity contribution >= 4 is 0 Å². The predicted molar refractivity (Wildman–Crippen MR) is 64.3 cm³/mol. The molecule has 0 radical (unpaired) electrons. The summed E-state index contributed by atoms with van der Waals surface area (Å²) in [4.78, 5) is 16.2. The molecule has 3 nitrogen and oxygen atoms in total. The van der Waals surface area contributed by atoms with Gasteiger partial charge in [-0.15, -0.1) is 0 Å². The van der Waals surface area contributed by atoms with Gasteiger partial charge in [0.05, 0.1) is 0 Å². The van der Waals surface area contributed by atoms with Gasteiger partial charge in [-0.2, -0.15) is 0 Å². The van der Waals surface area contributed by atoms with Gasteiger partial charge in [-0.3, -0.25) is 9.36 Å². The number of hydrogen-bond donors (Lipinski definition) is 0. The molecule has 1 aromatic heterocycles. The predicted octanol–water partition coefficient (Wildman–Crippen LogP) is 2.24. The maximum atomic E-state index is 11.8.